The number of rotatable bonds is 8. The highest BCUT2D eigenvalue weighted by Crippen LogP contribution is 2.18. The number of carbonyl (C=O) groups excluding carboxylic acids is 1. The molecular weight excluding hydrogens is 338 g/mol. The minimum Gasteiger partial charge on any atom is -0.462 e. The zero-order valence-corrected chi connectivity index (χ0v) is 15.3. The fourth-order valence-corrected chi connectivity index (χ4v) is 3.29. The molecule has 2 rings (SSSR count). The number of hydrogen-bond donors (Lipinski definition) is 1. The zero-order valence-electron chi connectivity index (χ0n) is 14.5. The molecule has 0 saturated carbocycles. The van der Waals surface area contributed by atoms with E-state index in [0.29, 0.717) is 17.9 Å². The fraction of sp³-hybridized carbons (Fsp3) is 0.316. The second-order valence-electron chi connectivity index (χ2n) is 5.84. The average Bonchev–Trinajstić information content (AvgIpc) is 2.59. The van der Waals surface area contributed by atoms with Crippen molar-refractivity contribution in [2.45, 2.75) is 38.0 Å². The molecule has 134 valence electrons. The van der Waals surface area contributed by atoms with Crippen LogP contribution in [0.2, 0.25) is 0 Å². The lowest BCUT2D eigenvalue weighted by atomic mass is 10.2. The number of esters is 1. The van der Waals surface area contributed by atoms with E-state index in [1.54, 1.807) is 42.5 Å². The Hall–Kier alpha value is -2.34. The predicted octanol–water partition coefficient (Wildman–Crippen LogP) is 4.14. The van der Waals surface area contributed by atoms with Gasteiger partial charge in [0.25, 0.3) is 10.0 Å². The molecule has 0 aliphatic rings. The summed E-state index contributed by atoms with van der Waals surface area (Å²) >= 11 is 0. The summed E-state index contributed by atoms with van der Waals surface area (Å²) in [4.78, 5) is 12.2. The van der Waals surface area contributed by atoms with Crippen LogP contribution in [-0.4, -0.2) is 21.0 Å². The van der Waals surface area contributed by atoms with Gasteiger partial charge in [-0.1, -0.05) is 43.5 Å². The Morgan fingerprint density at radius 2 is 1.80 bits per heavy atom. The molecule has 0 bridgehead atoms. The van der Waals surface area contributed by atoms with Gasteiger partial charge in [-0.15, -0.1) is 0 Å². The smallest absolute Gasteiger partial charge is 0.338 e. The van der Waals surface area contributed by atoms with Crippen molar-refractivity contribution in [1.82, 2.24) is 0 Å². The van der Waals surface area contributed by atoms with Crippen LogP contribution < -0.4 is 4.72 Å². The van der Waals surface area contributed by atoms with Gasteiger partial charge in [-0.3, -0.25) is 4.72 Å². The standard InChI is InChI=1S/C19H23NO4S/c1-3-4-5-13-24-19(21)16-7-6-8-17(14-16)20-25(22,23)18-11-9-15(2)10-12-18/h6-12,14,20H,3-5,13H2,1-2H3. The quantitative estimate of drug-likeness (QED) is 0.566. The van der Waals surface area contributed by atoms with E-state index in [0.717, 1.165) is 24.8 Å². The molecule has 0 spiro atoms. The fourth-order valence-electron chi connectivity index (χ4n) is 2.24. The van der Waals surface area contributed by atoms with E-state index in [2.05, 4.69) is 11.6 Å². The van der Waals surface area contributed by atoms with Crippen molar-refractivity contribution in [1.29, 1.82) is 0 Å². The van der Waals surface area contributed by atoms with E-state index < -0.39 is 16.0 Å². The first kappa shape index (κ1) is 19.0. The van der Waals surface area contributed by atoms with Gasteiger partial charge in [-0.2, -0.15) is 0 Å². The Bertz CT molecular complexity index is 814. The van der Waals surface area contributed by atoms with Crippen molar-refractivity contribution >= 4 is 21.7 Å². The molecule has 0 radical (unpaired) electrons. The highest BCUT2D eigenvalue weighted by molar-refractivity contribution is 7.92. The maximum Gasteiger partial charge on any atom is 0.338 e. The van der Waals surface area contributed by atoms with Crippen LogP contribution in [0.1, 0.15) is 42.1 Å². The molecule has 1 N–H and O–H groups in total. The van der Waals surface area contributed by atoms with Crippen molar-refractivity contribution in [3.63, 3.8) is 0 Å². The first-order chi connectivity index (χ1) is 11.9. The van der Waals surface area contributed by atoms with Gasteiger partial charge in [-0.25, -0.2) is 13.2 Å². The van der Waals surface area contributed by atoms with Gasteiger partial charge < -0.3 is 4.74 Å². The molecule has 0 aliphatic heterocycles. The second kappa shape index (κ2) is 8.67. The highest BCUT2D eigenvalue weighted by Gasteiger charge is 2.15. The summed E-state index contributed by atoms with van der Waals surface area (Å²) in [6.45, 7) is 4.33. The van der Waals surface area contributed by atoms with Gasteiger partial charge in [0.1, 0.15) is 0 Å². The van der Waals surface area contributed by atoms with Crippen molar-refractivity contribution < 1.29 is 17.9 Å². The van der Waals surface area contributed by atoms with Crippen molar-refractivity contribution in [3.8, 4) is 0 Å². The van der Waals surface area contributed by atoms with E-state index in [4.69, 9.17) is 4.74 Å². The van der Waals surface area contributed by atoms with Crippen molar-refractivity contribution in [2.75, 3.05) is 11.3 Å². The third-order valence-electron chi connectivity index (χ3n) is 3.66. The average molecular weight is 361 g/mol. The predicted molar refractivity (Wildman–Crippen MR) is 98.2 cm³/mol. The summed E-state index contributed by atoms with van der Waals surface area (Å²) in [5.41, 5.74) is 1.62. The molecule has 0 heterocycles. The molecule has 5 nitrogen and oxygen atoms in total. The number of hydrogen-bond acceptors (Lipinski definition) is 4. The molecule has 0 aromatic heterocycles. The monoisotopic (exact) mass is 361 g/mol. The van der Waals surface area contributed by atoms with Crippen molar-refractivity contribution in [2.24, 2.45) is 0 Å². The molecule has 0 saturated heterocycles. The number of carbonyl (C=O) groups is 1. The Balaban J connectivity index is 2.08. The minimum atomic E-state index is -3.70. The molecule has 0 unspecified atom stereocenters. The maximum absolute atomic E-state index is 12.4. The Morgan fingerprint density at radius 3 is 2.48 bits per heavy atom. The van der Waals surface area contributed by atoms with Crippen LogP contribution in [0.5, 0.6) is 0 Å². The summed E-state index contributed by atoms with van der Waals surface area (Å²) in [5, 5.41) is 0. The molecule has 0 atom stereocenters. The number of nitrogens with one attached hydrogen (secondary N) is 1. The number of aryl methyl sites for hydroxylation is 1. The van der Waals surface area contributed by atoms with Crippen LogP contribution in [0, 0.1) is 6.92 Å². The van der Waals surface area contributed by atoms with Crippen LogP contribution in [-0.2, 0) is 14.8 Å². The number of sulfonamides is 1. The van der Waals surface area contributed by atoms with Gasteiger partial charge in [-0.05, 0) is 43.7 Å². The van der Waals surface area contributed by atoms with Gasteiger partial charge in [0, 0.05) is 5.69 Å². The first-order valence-corrected chi connectivity index (χ1v) is 9.77. The van der Waals surface area contributed by atoms with Crippen LogP contribution in [0.15, 0.2) is 53.4 Å². The lowest BCUT2D eigenvalue weighted by Gasteiger charge is -2.10. The van der Waals surface area contributed by atoms with Crippen LogP contribution in [0.4, 0.5) is 5.69 Å². The second-order valence-corrected chi connectivity index (χ2v) is 7.52. The topological polar surface area (TPSA) is 72.5 Å². The normalized spacial score (nSPS) is 11.1. The van der Waals surface area contributed by atoms with Crippen LogP contribution in [0.25, 0.3) is 0 Å². The summed E-state index contributed by atoms with van der Waals surface area (Å²) in [6.07, 6.45) is 2.87. The molecule has 2 aromatic rings. The SMILES string of the molecule is CCCCCOC(=O)c1cccc(NS(=O)(=O)c2ccc(C)cc2)c1. The lowest BCUT2D eigenvalue weighted by molar-refractivity contribution is 0.0498. The largest absolute Gasteiger partial charge is 0.462 e. The van der Waals surface area contributed by atoms with Crippen molar-refractivity contribution in [3.05, 3.63) is 59.7 Å². The third kappa shape index (κ3) is 5.60. The molecule has 25 heavy (non-hydrogen) atoms. The Kier molecular flexibility index (Phi) is 6.58. The lowest BCUT2D eigenvalue weighted by Crippen LogP contribution is -2.13. The van der Waals surface area contributed by atoms with E-state index in [1.807, 2.05) is 6.92 Å². The molecule has 0 fully saturated rings. The van der Waals surface area contributed by atoms with E-state index in [1.165, 1.54) is 6.07 Å². The van der Waals surface area contributed by atoms with Crippen LogP contribution >= 0.6 is 0 Å². The molecule has 2 aromatic carbocycles. The Morgan fingerprint density at radius 1 is 1.08 bits per heavy atom. The van der Waals surface area contributed by atoms with Gasteiger partial charge in [0.15, 0.2) is 0 Å². The summed E-state index contributed by atoms with van der Waals surface area (Å²) in [5.74, 6) is -0.451. The van der Waals surface area contributed by atoms with Gasteiger partial charge in [0.2, 0.25) is 0 Å². The number of anilines is 1. The van der Waals surface area contributed by atoms with Crippen LogP contribution in [0.3, 0.4) is 0 Å². The molecule has 6 heteroatoms. The van der Waals surface area contributed by atoms with E-state index in [9.17, 15) is 13.2 Å². The Labute approximate surface area is 149 Å². The van der Waals surface area contributed by atoms with Gasteiger partial charge >= 0.3 is 5.97 Å². The van der Waals surface area contributed by atoms with Gasteiger partial charge in [0.05, 0.1) is 17.1 Å². The van der Waals surface area contributed by atoms with E-state index in [-0.39, 0.29) is 4.90 Å². The third-order valence-corrected chi connectivity index (χ3v) is 5.06. The summed E-state index contributed by atoms with van der Waals surface area (Å²) in [7, 11) is -3.70. The molecular formula is C19H23NO4S. The molecule has 0 amide bonds. The zero-order chi connectivity index (χ0) is 18.3. The molecule has 0 aliphatic carbocycles. The van der Waals surface area contributed by atoms with E-state index >= 15 is 0 Å². The maximum atomic E-state index is 12.4. The number of unbranched alkanes of at least 4 members (excludes halogenated alkanes) is 2. The number of ether oxygens (including phenoxy) is 1. The minimum absolute atomic E-state index is 0.172. The summed E-state index contributed by atoms with van der Waals surface area (Å²) in [6, 6.07) is 12.9. The summed E-state index contributed by atoms with van der Waals surface area (Å²) < 4.78 is 32.5. The first-order valence-electron chi connectivity index (χ1n) is 8.29. The number of benzene rings is 2. The highest BCUT2D eigenvalue weighted by atomic mass is 32.2.